The summed E-state index contributed by atoms with van der Waals surface area (Å²) in [6.07, 6.45) is 0. The number of benzene rings is 1. The summed E-state index contributed by atoms with van der Waals surface area (Å²) in [5.41, 5.74) is 0.554. The number of rotatable bonds is 5. The quantitative estimate of drug-likeness (QED) is 0.781. The van der Waals surface area contributed by atoms with Crippen molar-refractivity contribution >= 4 is 17.6 Å². The van der Waals surface area contributed by atoms with Crippen LogP contribution in [0.4, 0.5) is 0 Å². The molecular weight excluding hydrogens is 246 g/mol. The van der Waals surface area contributed by atoms with Gasteiger partial charge in [0, 0.05) is 23.2 Å². The molecule has 0 saturated heterocycles. The summed E-state index contributed by atoms with van der Waals surface area (Å²) in [5.74, 6) is -0.0693. The molecule has 0 amide bonds. The number of ether oxygens (including phenoxy) is 2. The van der Waals surface area contributed by atoms with Gasteiger partial charge in [0.25, 0.3) is 0 Å². The Labute approximate surface area is 104 Å². The highest BCUT2D eigenvalue weighted by Gasteiger charge is 2.10. The summed E-state index contributed by atoms with van der Waals surface area (Å²) >= 11 is 5.86. The summed E-state index contributed by atoms with van der Waals surface area (Å²) in [5, 5.41) is 13.1. The minimum atomic E-state index is -0.376. The van der Waals surface area contributed by atoms with E-state index in [0.717, 1.165) is 0 Å². The number of phenolic OH excluding ortho intramolecular Hbond substituents is 1. The van der Waals surface area contributed by atoms with Crippen LogP contribution in [0.5, 0.6) is 11.5 Å². The molecule has 0 aromatic heterocycles. The SMILES string of the molecule is COC(=O)CNCc1cc(Cl)cc(OC)c1O. The number of phenols is 1. The molecule has 0 bridgehead atoms. The molecule has 1 aromatic carbocycles. The smallest absolute Gasteiger partial charge is 0.319 e. The lowest BCUT2D eigenvalue weighted by Gasteiger charge is -2.10. The summed E-state index contributed by atoms with van der Waals surface area (Å²) in [6.45, 7) is 0.350. The van der Waals surface area contributed by atoms with E-state index in [1.165, 1.54) is 20.3 Å². The van der Waals surface area contributed by atoms with E-state index in [2.05, 4.69) is 10.1 Å². The molecule has 94 valence electrons. The first kappa shape index (κ1) is 13.6. The van der Waals surface area contributed by atoms with E-state index < -0.39 is 0 Å². The normalized spacial score (nSPS) is 10.1. The lowest BCUT2D eigenvalue weighted by molar-refractivity contribution is -0.139. The third-order valence-electron chi connectivity index (χ3n) is 2.15. The van der Waals surface area contributed by atoms with Gasteiger partial charge in [0.05, 0.1) is 20.8 Å². The average molecular weight is 260 g/mol. The fourth-order valence-corrected chi connectivity index (χ4v) is 1.52. The van der Waals surface area contributed by atoms with Crippen LogP contribution in [0.15, 0.2) is 12.1 Å². The lowest BCUT2D eigenvalue weighted by atomic mass is 10.2. The van der Waals surface area contributed by atoms with Gasteiger partial charge in [-0.05, 0) is 6.07 Å². The lowest BCUT2D eigenvalue weighted by Crippen LogP contribution is -2.23. The maximum atomic E-state index is 10.9. The van der Waals surface area contributed by atoms with E-state index in [-0.39, 0.29) is 24.8 Å². The Morgan fingerprint density at radius 2 is 2.18 bits per heavy atom. The molecule has 0 radical (unpaired) electrons. The van der Waals surface area contributed by atoms with Gasteiger partial charge < -0.3 is 19.9 Å². The fourth-order valence-electron chi connectivity index (χ4n) is 1.29. The number of esters is 1. The molecule has 1 rings (SSSR count). The van der Waals surface area contributed by atoms with Crippen molar-refractivity contribution in [3.8, 4) is 11.5 Å². The second-order valence-electron chi connectivity index (χ2n) is 3.30. The highest BCUT2D eigenvalue weighted by atomic mass is 35.5. The number of hydrogen-bond donors (Lipinski definition) is 2. The number of halogens is 1. The molecule has 0 saturated carbocycles. The van der Waals surface area contributed by atoms with E-state index in [1.807, 2.05) is 0 Å². The average Bonchev–Trinajstić information content (AvgIpc) is 2.32. The summed E-state index contributed by atoms with van der Waals surface area (Å²) in [6, 6.07) is 3.12. The van der Waals surface area contributed by atoms with Gasteiger partial charge in [-0.2, -0.15) is 0 Å². The van der Waals surface area contributed by atoms with Gasteiger partial charge in [0.15, 0.2) is 11.5 Å². The van der Waals surface area contributed by atoms with E-state index in [0.29, 0.717) is 16.3 Å². The van der Waals surface area contributed by atoms with Crippen LogP contribution >= 0.6 is 11.6 Å². The van der Waals surface area contributed by atoms with Crippen LogP contribution < -0.4 is 10.1 Å². The molecule has 1 aromatic rings. The maximum Gasteiger partial charge on any atom is 0.319 e. The van der Waals surface area contributed by atoms with Crippen molar-refractivity contribution in [3.63, 3.8) is 0 Å². The first-order chi connectivity index (χ1) is 8.08. The maximum absolute atomic E-state index is 10.9. The molecule has 0 unspecified atom stereocenters. The van der Waals surface area contributed by atoms with E-state index in [9.17, 15) is 9.90 Å². The Morgan fingerprint density at radius 1 is 1.47 bits per heavy atom. The van der Waals surface area contributed by atoms with Crippen LogP contribution in [-0.4, -0.2) is 31.8 Å². The molecule has 2 N–H and O–H groups in total. The third-order valence-corrected chi connectivity index (χ3v) is 2.37. The Balaban J connectivity index is 2.70. The van der Waals surface area contributed by atoms with Crippen LogP contribution in [0.3, 0.4) is 0 Å². The second kappa shape index (κ2) is 6.32. The van der Waals surface area contributed by atoms with Crippen molar-refractivity contribution in [2.75, 3.05) is 20.8 Å². The Kier molecular flexibility index (Phi) is 5.06. The predicted molar refractivity (Wildman–Crippen MR) is 63.4 cm³/mol. The van der Waals surface area contributed by atoms with Crippen LogP contribution in [-0.2, 0) is 16.1 Å². The predicted octanol–water partition coefficient (Wildman–Crippen LogP) is 1.32. The number of nitrogens with one attached hydrogen (secondary N) is 1. The molecule has 0 spiro atoms. The summed E-state index contributed by atoms with van der Waals surface area (Å²) < 4.78 is 9.43. The van der Waals surface area contributed by atoms with Gasteiger partial charge in [-0.15, -0.1) is 0 Å². The van der Waals surface area contributed by atoms with Crippen molar-refractivity contribution in [1.29, 1.82) is 0 Å². The summed E-state index contributed by atoms with van der Waals surface area (Å²) in [7, 11) is 2.75. The molecule has 0 atom stereocenters. The number of aromatic hydroxyl groups is 1. The van der Waals surface area contributed by atoms with Gasteiger partial charge in [-0.1, -0.05) is 11.6 Å². The summed E-state index contributed by atoms with van der Waals surface area (Å²) in [4.78, 5) is 10.9. The number of carbonyl (C=O) groups excluding carboxylic acids is 1. The van der Waals surface area contributed by atoms with Gasteiger partial charge in [-0.3, -0.25) is 4.79 Å². The molecule has 0 aliphatic rings. The van der Waals surface area contributed by atoms with E-state index in [1.54, 1.807) is 6.07 Å². The van der Waals surface area contributed by atoms with Gasteiger partial charge >= 0.3 is 5.97 Å². The van der Waals surface area contributed by atoms with E-state index >= 15 is 0 Å². The Bertz CT molecular complexity index is 409. The number of methoxy groups -OCH3 is 2. The third kappa shape index (κ3) is 3.80. The van der Waals surface area contributed by atoms with E-state index in [4.69, 9.17) is 16.3 Å². The van der Waals surface area contributed by atoms with Gasteiger partial charge in [0.1, 0.15) is 0 Å². The first-order valence-corrected chi connectivity index (χ1v) is 5.29. The molecule has 0 fully saturated rings. The Hall–Kier alpha value is -1.46. The van der Waals surface area contributed by atoms with Crippen molar-refractivity contribution in [2.45, 2.75) is 6.54 Å². The van der Waals surface area contributed by atoms with Gasteiger partial charge in [0.2, 0.25) is 0 Å². The zero-order chi connectivity index (χ0) is 12.8. The highest BCUT2D eigenvalue weighted by Crippen LogP contribution is 2.33. The zero-order valence-corrected chi connectivity index (χ0v) is 10.4. The fraction of sp³-hybridized carbons (Fsp3) is 0.364. The standard InChI is InChI=1S/C11H14ClNO4/c1-16-9-4-8(12)3-7(11(9)15)5-13-6-10(14)17-2/h3-4,13,15H,5-6H2,1-2H3. The molecule has 17 heavy (non-hydrogen) atoms. The highest BCUT2D eigenvalue weighted by molar-refractivity contribution is 6.30. The zero-order valence-electron chi connectivity index (χ0n) is 9.62. The van der Waals surface area contributed by atoms with Crippen LogP contribution in [0.1, 0.15) is 5.56 Å². The Morgan fingerprint density at radius 3 is 2.76 bits per heavy atom. The number of carbonyl (C=O) groups is 1. The van der Waals surface area contributed by atoms with Crippen molar-refractivity contribution in [3.05, 3.63) is 22.7 Å². The topological polar surface area (TPSA) is 67.8 Å². The molecule has 0 heterocycles. The van der Waals surface area contributed by atoms with Crippen LogP contribution in [0.2, 0.25) is 5.02 Å². The first-order valence-electron chi connectivity index (χ1n) is 4.91. The molecule has 5 nitrogen and oxygen atoms in total. The number of hydrogen-bond acceptors (Lipinski definition) is 5. The van der Waals surface area contributed by atoms with Crippen molar-refractivity contribution in [1.82, 2.24) is 5.32 Å². The minimum absolute atomic E-state index is 0.00858. The molecule has 0 aliphatic carbocycles. The van der Waals surface area contributed by atoms with Crippen molar-refractivity contribution < 1.29 is 19.4 Å². The molecule has 0 aliphatic heterocycles. The van der Waals surface area contributed by atoms with Crippen LogP contribution in [0.25, 0.3) is 0 Å². The van der Waals surface area contributed by atoms with Gasteiger partial charge in [-0.25, -0.2) is 0 Å². The molecular formula is C11H14ClNO4. The monoisotopic (exact) mass is 259 g/mol. The van der Waals surface area contributed by atoms with Crippen molar-refractivity contribution in [2.24, 2.45) is 0 Å². The second-order valence-corrected chi connectivity index (χ2v) is 3.73. The molecule has 6 heteroatoms. The largest absolute Gasteiger partial charge is 0.504 e. The minimum Gasteiger partial charge on any atom is -0.504 e. The van der Waals surface area contributed by atoms with Crippen LogP contribution in [0, 0.1) is 0 Å².